The number of nitrogens with one attached hydrogen (secondary N) is 1. The molecular formula is C20H28N4O2. The minimum Gasteiger partial charge on any atom is -0.369 e. The highest BCUT2D eigenvalue weighted by atomic mass is 16.5. The quantitative estimate of drug-likeness (QED) is 0.895. The van der Waals surface area contributed by atoms with Gasteiger partial charge in [-0.25, -0.2) is 0 Å². The molecule has 3 rings (SSSR count). The first-order chi connectivity index (χ1) is 12.3. The van der Waals surface area contributed by atoms with Crippen molar-refractivity contribution in [2.24, 2.45) is 0 Å². The number of aromatic amines is 1. The molecule has 0 bridgehead atoms. The maximum absolute atomic E-state index is 12.9. The summed E-state index contributed by atoms with van der Waals surface area (Å²) in [7, 11) is 5.93. The monoisotopic (exact) mass is 356 g/mol. The Morgan fingerprint density at radius 2 is 1.77 bits per heavy atom. The number of nitrogens with zero attached hydrogens (tertiary/aromatic N) is 3. The van der Waals surface area contributed by atoms with Crippen LogP contribution in [0.4, 0.5) is 0 Å². The van der Waals surface area contributed by atoms with Crippen LogP contribution in [0.25, 0.3) is 0 Å². The van der Waals surface area contributed by atoms with Crippen LogP contribution in [-0.4, -0.2) is 53.2 Å². The van der Waals surface area contributed by atoms with Crippen LogP contribution in [0, 0.1) is 0 Å². The molecule has 26 heavy (non-hydrogen) atoms. The van der Waals surface area contributed by atoms with E-state index < -0.39 is 0 Å². The second kappa shape index (κ2) is 7.60. The van der Waals surface area contributed by atoms with E-state index in [-0.39, 0.29) is 18.1 Å². The standard InChI is InChI=1S/C20H28N4O2/c1-13-10-17-18(14(2)26-13)21-22-19(17)20(25)24(5)12-16-8-6-15(7-9-16)11-23(3)4/h6-9,13-14H,10-12H2,1-5H3,(H,21,22)/t13-,14+/m1/s1. The summed E-state index contributed by atoms with van der Waals surface area (Å²) in [5.41, 5.74) is 4.81. The van der Waals surface area contributed by atoms with Crippen molar-refractivity contribution in [2.45, 2.75) is 45.6 Å². The van der Waals surface area contributed by atoms with Crippen molar-refractivity contribution in [1.82, 2.24) is 20.0 Å². The Balaban J connectivity index is 1.71. The fourth-order valence-corrected chi connectivity index (χ4v) is 3.49. The van der Waals surface area contributed by atoms with Gasteiger partial charge in [-0.05, 0) is 39.1 Å². The van der Waals surface area contributed by atoms with E-state index in [0.717, 1.165) is 23.4 Å². The van der Waals surface area contributed by atoms with Gasteiger partial charge in [0.25, 0.3) is 5.91 Å². The lowest BCUT2D eigenvalue weighted by Gasteiger charge is -2.25. The van der Waals surface area contributed by atoms with Crippen LogP contribution in [0.3, 0.4) is 0 Å². The van der Waals surface area contributed by atoms with Gasteiger partial charge in [0, 0.05) is 32.1 Å². The highest BCUT2D eigenvalue weighted by Gasteiger charge is 2.30. The fourth-order valence-electron chi connectivity index (χ4n) is 3.49. The largest absolute Gasteiger partial charge is 0.369 e. The van der Waals surface area contributed by atoms with E-state index in [2.05, 4.69) is 53.5 Å². The molecule has 6 heteroatoms. The lowest BCUT2D eigenvalue weighted by atomic mass is 9.99. The Morgan fingerprint density at radius 3 is 2.38 bits per heavy atom. The van der Waals surface area contributed by atoms with E-state index in [0.29, 0.717) is 18.7 Å². The van der Waals surface area contributed by atoms with Gasteiger partial charge >= 0.3 is 0 Å². The number of ether oxygens (including phenoxy) is 1. The average molecular weight is 356 g/mol. The molecule has 0 fully saturated rings. The number of hydrogen-bond acceptors (Lipinski definition) is 4. The van der Waals surface area contributed by atoms with Gasteiger partial charge in [-0.1, -0.05) is 24.3 Å². The van der Waals surface area contributed by atoms with Gasteiger partial charge in [0.1, 0.15) is 0 Å². The number of amides is 1. The summed E-state index contributed by atoms with van der Waals surface area (Å²) in [4.78, 5) is 16.8. The van der Waals surface area contributed by atoms with Crippen LogP contribution >= 0.6 is 0 Å². The van der Waals surface area contributed by atoms with Crippen molar-refractivity contribution in [3.8, 4) is 0 Å². The normalized spacial score (nSPS) is 19.5. The zero-order chi connectivity index (χ0) is 18.8. The third-order valence-corrected chi connectivity index (χ3v) is 4.72. The third kappa shape index (κ3) is 3.97. The molecule has 1 amide bonds. The Morgan fingerprint density at radius 1 is 1.15 bits per heavy atom. The van der Waals surface area contributed by atoms with Crippen molar-refractivity contribution in [3.05, 3.63) is 52.3 Å². The second-order valence-electron chi connectivity index (χ2n) is 7.47. The number of carbonyl (C=O) groups excluding carboxylic acids is 1. The third-order valence-electron chi connectivity index (χ3n) is 4.72. The molecule has 2 atom stereocenters. The van der Waals surface area contributed by atoms with Crippen molar-refractivity contribution in [2.75, 3.05) is 21.1 Å². The van der Waals surface area contributed by atoms with Crippen LogP contribution in [0.2, 0.25) is 0 Å². The summed E-state index contributed by atoms with van der Waals surface area (Å²) < 4.78 is 5.80. The molecule has 2 aromatic rings. The summed E-state index contributed by atoms with van der Waals surface area (Å²) in [6, 6.07) is 8.40. The summed E-state index contributed by atoms with van der Waals surface area (Å²) in [5, 5.41) is 7.29. The SMILES string of the molecule is C[C@@H]1Cc2c(C(=O)N(C)Cc3ccc(CN(C)C)cc3)n[nH]c2[C@H](C)O1. The zero-order valence-corrected chi connectivity index (χ0v) is 16.2. The fraction of sp³-hybridized carbons (Fsp3) is 0.500. The zero-order valence-electron chi connectivity index (χ0n) is 16.2. The van der Waals surface area contributed by atoms with Crippen LogP contribution in [-0.2, 0) is 24.2 Å². The van der Waals surface area contributed by atoms with Crippen LogP contribution in [0.5, 0.6) is 0 Å². The van der Waals surface area contributed by atoms with Gasteiger partial charge in [0.2, 0.25) is 0 Å². The number of aromatic nitrogens is 2. The molecule has 0 spiro atoms. The van der Waals surface area contributed by atoms with Crippen molar-refractivity contribution >= 4 is 5.91 Å². The molecule has 1 N–H and O–H groups in total. The molecule has 1 aliphatic rings. The molecule has 0 saturated heterocycles. The summed E-state index contributed by atoms with van der Waals surface area (Å²) in [6.45, 7) is 5.48. The topological polar surface area (TPSA) is 61.5 Å². The Hall–Kier alpha value is -2.18. The number of carbonyl (C=O) groups is 1. The number of benzene rings is 1. The van der Waals surface area contributed by atoms with Crippen molar-refractivity contribution in [1.29, 1.82) is 0 Å². The molecule has 6 nitrogen and oxygen atoms in total. The highest BCUT2D eigenvalue weighted by Crippen LogP contribution is 2.30. The number of hydrogen-bond donors (Lipinski definition) is 1. The molecule has 0 unspecified atom stereocenters. The summed E-state index contributed by atoms with van der Waals surface area (Å²) in [5.74, 6) is -0.0545. The molecular weight excluding hydrogens is 328 g/mol. The maximum Gasteiger partial charge on any atom is 0.274 e. The second-order valence-corrected chi connectivity index (χ2v) is 7.47. The summed E-state index contributed by atoms with van der Waals surface area (Å²) >= 11 is 0. The first kappa shape index (κ1) is 18.6. The van der Waals surface area contributed by atoms with Gasteiger partial charge < -0.3 is 14.5 Å². The molecule has 0 aliphatic carbocycles. The Kier molecular flexibility index (Phi) is 5.44. The first-order valence-corrected chi connectivity index (χ1v) is 9.05. The van der Waals surface area contributed by atoms with E-state index in [4.69, 9.17) is 4.74 Å². The Labute approximate surface area is 155 Å². The highest BCUT2D eigenvalue weighted by molar-refractivity contribution is 5.94. The van der Waals surface area contributed by atoms with E-state index in [1.807, 2.05) is 20.9 Å². The average Bonchev–Trinajstić information content (AvgIpc) is 2.99. The van der Waals surface area contributed by atoms with Crippen LogP contribution in [0.15, 0.2) is 24.3 Å². The lowest BCUT2D eigenvalue weighted by molar-refractivity contribution is -0.00701. The minimum absolute atomic E-state index is 0.0545. The van der Waals surface area contributed by atoms with Crippen LogP contribution in [0.1, 0.15) is 52.8 Å². The number of H-pyrrole nitrogens is 1. The van der Waals surface area contributed by atoms with Gasteiger partial charge in [-0.15, -0.1) is 0 Å². The predicted molar refractivity (Wildman–Crippen MR) is 101 cm³/mol. The molecule has 1 aliphatic heterocycles. The maximum atomic E-state index is 12.9. The van der Waals surface area contributed by atoms with E-state index in [1.54, 1.807) is 4.90 Å². The molecule has 1 aromatic heterocycles. The molecule has 1 aromatic carbocycles. The van der Waals surface area contributed by atoms with Gasteiger partial charge in [0.15, 0.2) is 5.69 Å². The minimum atomic E-state index is -0.0580. The smallest absolute Gasteiger partial charge is 0.274 e. The van der Waals surface area contributed by atoms with E-state index in [9.17, 15) is 4.79 Å². The van der Waals surface area contributed by atoms with Crippen molar-refractivity contribution in [3.63, 3.8) is 0 Å². The molecule has 0 radical (unpaired) electrons. The first-order valence-electron chi connectivity index (χ1n) is 9.05. The summed E-state index contributed by atoms with van der Waals surface area (Å²) in [6.07, 6.45) is 0.748. The number of fused-ring (bicyclic) bond motifs is 1. The number of rotatable bonds is 5. The van der Waals surface area contributed by atoms with E-state index in [1.165, 1.54) is 5.56 Å². The van der Waals surface area contributed by atoms with Crippen molar-refractivity contribution < 1.29 is 9.53 Å². The Bertz CT molecular complexity index is 767. The lowest BCUT2D eigenvalue weighted by Crippen LogP contribution is -2.29. The van der Waals surface area contributed by atoms with Gasteiger partial charge in [-0.2, -0.15) is 5.10 Å². The molecule has 2 heterocycles. The predicted octanol–water partition coefficient (Wildman–Crippen LogP) is 2.77. The van der Waals surface area contributed by atoms with Gasteiger partial charge in [-0.3, -0.25) is 9.89 Å². The van der Waals surface area contributed by atoms with Crippen LogP contribution < -0.4 is 0 Å². The molecule has 0 saturated carbocycles. The van der Waals surface area contributed by atoms with E-state index >= 15 is 0 Å². The molecule has 140 valence electrons. The van der Waals surface area contributed by atoms with Gasteiger partial charge in [0.05, 0.1) is 17.9 Å².